The molecule has 1 rings (SSSR count). The highest BCUT2D eigenvalue weighted by molar-refractivity contribution is 6.27. The van der Waals surface area contributed by atoms with Crippen molar-refractivity contribution < 1.29 is 23.9 Å². The number of hydrogen-bond acceptors (Lipinski definition) is 5. The third-order valence-electron chi connectivity index (χ3n) is 3.34. The van der Waals surface area contributed by atoms with E-state index in [1.165, 1.54) is 26.4 Å². The molecule has 0 spiro atoms. The number of rotatable bonds is 3. The van der Waals surface area contributed by atoms with Gasteiger partial charge in [0.15, 0.2) is 11.2 Å². The van der Waals surface area contributed by atoms with Gasteiger partial charge in [-0.3, -0.25) is 9.59 Å². The number of carbonyl (C=O) groups is 3. The van der Waals surface area contributed by atoms with Crippen molar-refractivity contribution in [3.8, 4) is 0 Å². The normalized spacial score (nSPS) is 22.3. The van der Waals surface area contributed by atoms with Gasteiger partial charge in [0.05, 0.1) is 19.8 Å². The van der Waals surface area contributed by atoms with E-state index in [-0.39, 0.29) is 11.5 Å². The number of esters is 2. The summed E-state index contributed by atoms with van der Waals surface area (Å²) in [5.41, 5.74) is -1.81. The minimum absolute atomic E-state index is 0.119. The van der Waals surface area contributed by atoms with Crippen LogP contribution < -0.4 is 0 Å². The monoisotopic (exact) mass is 314 g/mol. The largest absolute Gasteiger partial charge is 0.468 e. The first kappa shape index (κ1) is 17.4. The first-order valence-electron chi connectivity index (χ1n) is 6.36. The second-order valence-corrected chi connectivity index (χ2v) is 6.09. The first-order chi connectivity index (χ1) is 9.63. The Morgan fingerprint density at radius 1 is 1.24 bits per heavy atom. The zero-order valence-corrected chi connectivity index (χ0v) is 13.5. The van der Waals surface area contributed by atoms with Gasteiger partial charge < -0.3 is 9.47 Å². The molecule has 6 heteroatoms. The molecule has 1 unspecified atom stereocenters. The Morgan fingerprint density at radius 3 is 2.19 bits per heavy atom. The highest BCUT2D eigenvalue weighted by atomic mass is 35.5. The van der Waals surface area contributed by atoms with Crippen molar-refractivity contribution in [2.24, 2.45) is 10.8 Å². The van der Waals surface area contributed by atoms with E-state index in [0.717, 1.165) is 0 Å². The molecule has 0 aromatic carbocycles. The smallest absolute Gasteiger partial charge is 0.337 e. The van der Waals surface area contributed by atoms with Crippen LogP contribution in [0.4, 0.5) is 0 Å². The molecular weight excluding hydrogens is 296 g/mol. The van der Waals surface area contributed by atoms with Crippen LogP contribution in [0.3, 0.4) is 0 Å². The fourth-order valence-electron chi connectivity index (χ4n) is 2.11. The van der Waals surface area contributed by atoms with E-state index in [0.29, 0.717) is 5.57 Å². The summed E-state index contributed by atoms with van der Waals surface area (Å²) >= 11 is 5.89. The van der Waals surface area contributed by atoms with E-state index in [1.54, 1.807) is 0 Å². The molecule has 21 heavy (non-hydrogen) atoms. The van der Waals surface area contributed by atoms with Crippen LogP contribution in [0.15, 0.2) is 23.3 Å². The van der Waals surface area contributed by atoms with Gasteiger partial charge in [-0.2, -0.15) is 0 Å². The van der Waals surface area contributed by atoms with E-state index in [2.05, 4.69) is 4.74 Å². The Morgan fingerprint density at radius 2 is 1.81 bits per heavy atom. The lowest BCUT2D eigenvalue weighted by molar-refractivity contribution is -0.152. The predicted octanol–water partition coefficient (Wildman–Crippen LogP) is 2.04. The minimum Gasteiger partial charge on any atom is -0.468 e. The van der Waals surface area contributed by atoms with E-state index >= 15 is 0 Å². The van der Waals surface area contributed by atoms with E-state index in [1.807, 2.05) is 20.8 Å². The van der Waals surface area contributed by atoms with Gasteiger partial charge in [-0.1, -0.05) is 20.8 Å². The fourth-order valence-corrected chi connectivity index (χ4v) is 2.42. The standard InChI is InChI=1S/C15H19ClO5/c1-14(2,3)10-6-9(12(18)20-4)7-15(8-16,11(10)17)13(19)21-5/h6-7H,8H2,1-5H3. The molecule has 0 saturated carbocycles. The summed E-state index contributed by atoms with van der Waals surface area (Å²) in [6.07, 6.45) is 2.68. The van der Waals surface area contributed by atoms with Gasteiger partial charge in [-0.05, 0) is 17.6 Å². The number of carbonyl (C=O) groups excluding carboxylic acids is 3. The molecule has 0 fully saturated rings. The quantitative estimate of drug-likeness (QED) is 0.453. The second-order valence-electron chi connectivity index (χ2n) is 5.82. The highest BCUT2D eigenvalue weighted by Gasteiger charge is 2.50. The topological polar surface area (TPSA) is 69.7 Å². The third-order valence-corrected chi connectivity index (χ3v) is 3.76. The average Bonchev–Trinajstić information content (AvgIpc) is 2.44. The van der Waals surface area contributed by atoms with E-state index < -0.39 is 28.6 Å². The fraction of sp³-hybridized carbons (Fsp3) is 0.533. The number of ketones is 1. The van der Waals surface area contributed by atoms with Crippen molar-refractivity contribution in [3.05, 3.63) is 23.3 Å². The summed E-state index contributed by atoms with van der Waals surface area (Å²) in [6.45, 7) is 5.44. The molecule has 0 saturated heterocycles. The summed E-state index contributed by atoms with van der Waals surface area (Å²) in [6, 6.07) is 0. The van der Waals surface area contributed by atoms with Crippen LogP contribution in [0.2, 0.25) is 0 Å². The lowest BCUT2D eigenvalue weighted by Crippen LogP contribution is -2.45. The Balaban J connectivity index is 3.58. The maximum absolute atomic E-state index is 12.7. The van der Waals surface area contributed by atoms with Crippen molar-refractivity contribution >= 4 is 29.3 Å². The minimum atomic E-state index is -1.70. The van der Waals surface area contributed by atoms with Gasteiger partial charge in [0.2, 0.25) is 0 Å². The molecule has 0 radical (unpaired) electrons. The molecule has 116 valence electrons. The first-order valence-corrected chi connectivity index (χ1v) is 6.90. The van der Waals surface area contributed by atoms with Crippen molar-refractivity contribution in [1.29, 1.82) is 0 Å². The van der Waals surface area contributed by atoms with Gasteiger partial charge >= 0.3 is 11.9 Å². The third kappa shape index (κ3) is 3.02. The zero-order valence-electron chi connectivity index (χ0n) is 12.8. The number of allylic oxidation sites excluding steroid dienone is 1. The number of alkyl halides is 1. The lowest BCUT2D eigenvalue weighted by Gasteiger charge is -2.33. The Labute approximate surface area is 128 Å². The van der Waals surface area contributed by atoms with Gasteiger partial charge in [-0.15, -0.1) is 11.6 Å². The van der Waals surface area contributed by atoms with E-state index in [9.17, 15) is 14.4 Å². The van der Waals surface area contributed by atoms with E-state index in [4.69, 9.17) is 16.3 Å². The van der Waals surface area contributed by atoms with Crippen LogP contribution >= 0.6 is 11.6 Å². The Bertz CT molecular complexity index is 539. The maximum Gasteiger partial charge on any atom is 0.337 e. The number of methoxy groups -OCH3 is 2. The van der Waals surface area contributed by atoms with Crippen LogP contribution in [0, 0.1) is 10.8 Å². The summed E-state index contributed by atoms with van der Waals surface area (Å²) in [5, 5.41) is 0. The molecule has 0 aromatic rings. The van der Waals surface area contributed by atoms with Crippen LogP contribution in [-0.2, 0) is 23.9 Å². The summed E-state index contributed by atoms with van der Waals surface area (Å²) < 4.78 is 9.39. The number of Topliss-reactive ketones (excluding diaryl/α,β-unsaturated/α-hetero) is 1. The molecule has 0 bridgehead atoms. The lowest BCUT2D eigenvalue weighted by atomic mass is 9.69. The average molecular weight is 315 g/mol. The summed E-state index contributed by atoms with van der Waals surface area (Å²) in [4.78, 5) is 36.7. The number of ether oxygens (including phenoxy) is 2. The summed E-state index contributed by atoms with van der Waals surface area (Å²) in [7, 11) is 2.40. The van der Waals surface area contributed by atoms with Gasteiger partial charge in [0.25, 0.3) is 0 Å². The molecule has 1 aliphatic carbocycles. The zero-order chi connectivity index (χ0) is 16.4. The maximum atomic E-state index is 12.7. The molecule has 0 heterocycles. The molecule has 0 N–H and O–H groups in total. The van der Waals surface area contributed by atoms with Crippen molar-refractivity contribution in [2.45, 2.75) is 20.8 Å². The van der Waals surface area contributed by atoms with Gasteiger partial charge in [0, 0.05) is 11.5 Å². The highest BCUT2D eigenvalue weighted by Crippen LogP contribution is 2.40. The van der Waals surface area contributed by atoms with Crippen molar-refractivity contribution in [3.63, 3.8) is 0 Å². The van der Waals surface area contributed by atoms with Crippen molar-refractivity contribution in [2.75, 3.05) is 20.1 Å². The number of hydrogen-bond donors (Lipinski definition) is 0. The molecule has 5 nitrogen and oxygen atoms in total. The molecule has 1 aliphatic rings. The molecule has 0 amide bonds. The van der Waals surface area contributed by atoms with Crippen molar-refractivity contribution in [1.82, 2.24) is 0 Å². The number of halogens is 1. The van der Waals surface area contributed by atoms with Gasteiger partial charge in [-0.25, -0.2) is 4.79 Å². The van der Waals surface area contributed by atoms with Crippen LogP contribution in [0.1, 0.15) is 20.8 Å². The molecule has 1 atom stereocenters. The molecule has 0 aliphatic heterocycles. The Kier molecular flexibility index (Phi) is 4.99. The van der Waals surface area contributed by atoms with Crippen LogP contribution in [-0.4, -0.2) is 37.8 Å². The predicted molar refractivity (Wildman–Crippen MR) is 77.8 cm³/mol. The SMILES string of the molecule is COC(=O)C1=CC(CCl)(C(=O)OC)C(=O)C(C(C)(C)C)=C1. The summed E-state index contributed by atoms with van der Waals surface area (Å²) in [5.74, 6) is -2.20. The Hall–Kier alpha value is -1.62. The van der Waals surface area contributed by atoms with Crippen LogP contribution in [0.5, 0.6) is 0 Å². The van der Waals surface area contributed by atoms with Crippen LogP contribution in [0.25, 0.3) is 0 Å². The van der Waals surface area contributed by atoms with Gasteiger partial charge in [0.1, 0.15) is 0 Å². The molecular formula is C15H19ClO5. The molecule has 0 aromatic heterocycles. The second kappa shape index (κ2) is 6.02.